The van der Waals surface area contributed by atoms with Gasteiger partial charge in [0.1, 0.15) is 0 Å². The monoisotopic (exact) mass is 152 g/mol. The molecule has 55 valence electrons. The van der Waals surface area contributed by atoms with Crippen LogP contribution in [0, 0.1) is 0 Å². The summed E-state index contributed by atoms with van der Waals surface area (Å²) < 4.78 is 31.3. The van der Waals surface area contributed by atoms with E-state index in [2.05, 4.69) is 4.72 Å². The lowest BCUT2D eigenvalue weighted by molar-refractivity contribution is 0.419. The molecule has 0 spiro atoms. The van der Waals surface area contributed by atoms with Crippen LogP contribution in [0.5, 0.6) is 0 Å². The van der Waals surface area contributed by atoms with E-state index in [4.69, 9.17) is 4.55 Å². The number of hydrogen-bond acceptors (Lipinski definition) is 2. The van der Waals surface area contributed by atoms with Gasteiger partial charge in [-0.2, -0.15) is 8.42 Å². The predicted octanol–water partition coefficient (Wildman–Crippen LogP) is 0.192. The molecular weight excluding hydrogens is 142 g/mol. The average Bonchev–Trinajstić information content (AvgIpc) is 1.14. The van der Waals surface area contributed by atoms with Gasteiger partial charge in [-0.25, -0.2) is 0 Å². The molecule has 0 rings (SSSR count). The normalized spacial score (nSPS) is 13.8. The van der Waals surface area contributed by atoms with Crippen LogP contribution >= 0.6 is 0 Å². The van der Waals surface area contributed by atoms with Crippen LogP contribution in [0.1, 0.15) is 20.8 Å². The van der Waals surface area contributed by atoms with Gasteiger partial charge in [0.2, 0.25) is 0 Å². The van der Waals surface area contributed by atoms with E-state index in [0.717, 1.165) is 0 Å². The molecule has 0 aliphatic carbocycles. The highest BCUT2D eigenvalue weighted by molar-refractivity contribution is 7.83. The Labute approximate surface area is 55.1 Å². The van der Waals surface area contributed by atoms with Crippen molar-refractivity contribution in [2.24, 2.45) is 0 Å². The predicted molar refractivity (Wildman–Crippen MR) is 33.4 cm³/mol. The Balaban J connectivity index is 4.07. The lowest BCUT2D eigenvalue weighted by Gasteiger charge is -2.13. The molecule has 0 saturated heterocycles. The van der Waals surface area contributed by atoms with Gasteiger partial charge in [-0.05, 0) is 20.8 Å². The van der Waals surface area contributed by atoms with Crippen LogP contribution in [0.4, 0.5) is 0 Å². The lowest BCUT2D eigenvalue weighted by Crippen LogP contribution is -2.33. The molecule has 4 nitrogen and oxygen atoms in total. The molecule has 0 aromatic heterocycles. The van der Waals surface area contributed by atoms with Crippen molar-refractivity contribution in [2.75, 3.05) is 0 Å². The maximum Gasteiger partial charge on any atom is 0.350 e. The van der Waals surface area contributed by atoms with Gasteiger partial charge in [0.15, 0.2) is 0 Å². The Morgan fingerprint density at radius 3 is 1.67 bits per heavy atom. The van der Waals surface area contributed by atoms with E-state index in [-0.39, 0.29) is 0 Å². The van der Waals surface area contributed by atoms with Crippen LogP contribution in [-0.2, 0) is 10.3 Å². The van der Waals surface area contributed by atoms with Gasteiger partial charge in [0, 0.05) is 5.54 Å². The smallest absolute Gasteiger partial charge is 0.272 e. The van der Waals surface area contributed by atoms with Crippen LogP contribution in [0.2, 0.25) is 0 Å². The summed E-state index contributed by atoms with van der Waals surface area (Å²) in [5, 5.41) is 0. The van der Waals surface area contributed by atoms with E-state index in [1.54, 1.807) is 20.8 Å². The standard InChI is InChI=1S/C4H10NO3S/c1-4(2,3)5-9(6,7)8/h1-3H3,(H,6,7,8). The highest BCUT2D eigenvalue weighted by Crippen LogP contribution is 2.02. The second kappa shape index (κ2) is 2.24. The van der Waals surface area contributed by atoms with Gasteiger partial charge in [0.05, 0.1) is 0 Å². The first kappa shape index (κ1) is 8.87. The summed E-state index contributed by atoms with van der Waals surface area (Å²) in [7, 11) is -4.16. The number of rotatable bonds is 1. The van der Waals surface area contributed by atoms with Crippen molar-refractivity contribution in [1.29, 1.82) is 0 Å². The van der Waals surface area contributed by atoms with Crippen molar-refractivity contribution < 1.29 is 13.0 Å². The molecule has 5 heteroatoms. The van der Waals surface area contributed by atoms with E-state index in [9.17, 15) is 8.42 Å². The zero-order valence-electron chi connectivity index (χ0n) is 5.62. The van der Waals surface area contributed by atoms with Crippen LogP contribution in [0.25, 0.3) is 0 Å². The molecule has 0 aromatic rings. The van der Waals surface area contributed by atoms with Crippen molar-refractivity contribution in [1.82, 2.24) is 4.72 Å². The Morgan fingerprint density at radius 1 is 1.33 bits per heavy atom. The van der Waals surface area contributed by atoms with E-state index < -0.39 is 15.8 Å². The van der Waals surface area contributed by atoms with Crippen molar-refractivity contribution in [3.63, 3.8) is 0 Å². The molecule has 0 aromatic carbocycles. The number of nitrogens with zero attached hydrogens (tertiary/aromatic N) is 1. The Morgan fingerprint density at radius 2 is 1.67 bits per heavy atom. The fourth-order valence-electron chi connectivity index (χ4n) is 0.346. The summed E-state index contributed by atoms with van der Waals surface area (Å²) in [6, 6.07) is 0. The Bertz CT molecular complexity index is 176. The summed E-state index contributed by atoms with van der Waals surface area (Å²) >= 11 is 0. The molecule has 0 unspecified atom stereocenters. The van der Waals surface area contributed by atoms with Crippen molar-refractivity contribution in [3.8, 4) is 0 Å². The SMILES string of the molecule is CC(C)(C)[N]S(=O)(=O)O. The maximum absolute atomic E-state index is 10.0. The third-order valence-corrected chi connectivity index (χ3v) is 1.17. The van der Waals surface area contributed by atoms with Crippen LogP contribution in [-0.4, -0.2) is 18.5 Å². The first-order valence-electron chi connectivity index (χ1n) is 2.42. The first-order valence-corrected chi connectivity index (χ1v) is 3.82. The van der Waals surface area contributed by atoms with Crippen LogP contribution in [0.3, 0.4) is 0 Å². The molecule has 0 bridgehead atoms. The maximum atomic E-state index is 10.0. The van der Waals surface area contributed by atoms with E-state index in [0.29, 0.717) is 0 Å². The molecular formula is C4H10NO3S. The fourth-order valence-corrected chi connectivity index (χ4v) is 1.04. The molecule has 0 saturated carbocycles. The topological polar surface area (TPSA) is 68.5 Å². The van der Waals surface area contributed by atoms with Crippen LogP contribution < -0.4 is 4.72 Å². The third kappa shape index (κ3) is 7.87. The van der Waals surface area contributed by atoms with Gasteiger partial charge < -0.3 is 0 Å². The summed E-state index contributed by atoms with van der Waals surface area (Å²) in [5.74, 6) is 0. The molecule has 0 aliphatic rings. The minimum atomic E-state index is -4.16. The molecule has 0 amide bonds. The lowest BCUT2D eigenvalue weighted by atomic mass is 10.1. The summed E-state index contributed by atoms with van der Waals surface area (Å²) in [5.41, 5.74) is -0.729. The van der Waals surface area contributed by atoms with E-state index >= 15 is 0 Å². The average molecular weight is 152 g/mol. The van der Waals surface area contributed by atoms with Gasteiger partial charge >= 0.3 is 10.3 Å². The van der Waals surface area contributed by atoms with E-state index in [1.807, 2.05) is 0 Å². The zero-order valence-corrected chi connectivity index (χ0v) is 6.44. The second-order valence-electron chi connectivity index (χ2n) is 2.71. The third-order valence-electron chi connectivity index (χ3n) is 0.389. The molecule has 0 fully saturated rings. The molecule has 0 aliphatic heterocycles. The van der Waals surface area contributed by atoms with Gasteiger partial charge in [-0.3, -0.25) is 4.55 Å². The summed E-state index contributed by atoms with van der Waals surface area (Å²) in [4.78, 5) is 0. The highest BCUT2D eigenvalue weighted by atomic mass is 32.2. The molecule has 1 N–H and O–H groups in total. The summed E-state index contributed by atoms with van der Waals surface area (Å²) in [6.45, 7) is 4.75. The quantitative estimate of drug-likeness (QED) is 0.545. The van der Waals surface area contributed by atoms with Crippen molar-refractivity contribution in [3.05, 3.63) is 0 Å². The minimum Gasteiger partial charge on any atom is -0.272 e. The minimum absolute atomic E-state index is 0.729. The zero-order chi connectivity index (χ0) is 7.71. The molecule has 9 heavy (non-hydrogen) atoms. The van der Waals surface area contributed by atoms with Crippen LogP contribution in [0.15, 0.2) is 0 Å². The highest BCUT2D eigenvalue weighted by Gasteiger charge is 2.19. The van der Waals surface area contributed by atoms with Gasteiger partial charge in [-0.15, -0.1) is 0 Å². The van der Waals surface area contributed by atoms with Gasteiger partial charge in [0.25, 0.3) is 0 Å². The Kier molecular flexibility index (Phi) is 2.21. The molecule has 0 atom stereocenters. The molecule has 1 radical (unpaired) electrons. The first-order chi connectivity index (χ1) is 3.71. The number of hydrogen-bond donors (Lipinski definition) is 1. The van der Waals surface area contributed by atoms with Crippen molar-refractivity contribution >= 4 is 10.3 Å². The van der Waals surface area contributed by atoms with Gasteiger partial charge in [-0.1, -0.05) is 4.72 Å². The van der Waals surface area contributed by atoms with E-state index in [1.165, 1.54) is 0 Å². The Hall–Kier alpha value is -0.130. The largest absolute Gasteiger partial charge is 0.350 e. The van der Waals surface area contributed by atoms with Crippen molar-refractivity contribution in [2.45, 2.75) is 26.3 Å². The fraction of sp³-hybridized carbons (Fsp3) is 1.00. The second-order valence-corrected chi connectivity index (χ2v) is 3.79. The summed E-state index contributed by atoms with van der Waals surface area (Å²) in [6.07, 6.45) is 0. The molecule has 0 heterocycles.